The van der Waals surface area contributed by atoms with Crippen molar-refractivity contribution in [1.29, 1.82) is 0 Å². The van der Waals surface area contributed by atoms with Gasteiger partial charge in [-0.3, -0.25) is 14.4 Å². The summed E-state index contributed by atoms with van der Waals surface area (Å²) in [6.07, 6.45) is 0.111. The molecule has 1 aliphatic heterocycles. The first kappa shape index (κ1) is 20.9. The van der Waals surface area contributed by atoms with Crippen LogP contribution in [0, 0.1) is 11.8 Å². The van der Waals surface area contributed by atoms with Crippen molar-refractivity contribution < 1.29 is 14.4 Å². The number of rotatable bonds is 6. The van der Waals surface area contributed by atoms with Gasteiger partial charge in [0.1, 0.15) is 0 Å². The molecule has 7 heteroatoms. The van der Waals surface area contributed by atoms with E-state index in [-0.39, 0.29) is 30.7 Å². The van der Waals surface area contributed by atoms with Crippen molar-refractivity contribution in [2.24, 2.45) is 11.8 Å². The Kier molecular flexibility index (Phi) is 6.54. The van der Waals surface area contributed by atoms with Crippen LogP contribution in [-0.2, 0) is 9.59 Å². The number of halogens is 1. The number of amides is 3. The summed E-state index contributed by atoms with van der Waals surface area (Å²) < 4.78 is 0. The summed E-state index contributed by atoms with van der Waals surface area (Å²) in [5.74, 6) is -0.837. The second-order valence-corrected chi connectivity index (χ2v) is 7.96. The van der Waals surface area contributed by atoms with Gasteiger partial charge in [-0.25, -0.2) is 0 Å². The fourth-order valence-corrected chi connectivity index (χ4v) is 3.38. The van der Waals surface area contributed by atoms with Crippen LogP contribution in [0.4, 0.5) is 11.4 Å². The SMILES string of the molecule is CC(C)CNC(=O)c1ccccc1NC(=O)[C@@H]1CC(=O)N(c2cccc(Cl)c2)C1. The second kappa shape index (κ2) is 9.09. The lowest BCUT2D eigenvalue weighted by Crippen LogP contribution is -2.30. The molecule has 6 nitrogen and oxygen atoms in total. The first-order valence-electron chi connectivity index (χ1n) is 9.59. The second-order valence-electron chi connectivity index (χ2n) is 7.52. The average Bonchev–Trinajstić information content (AvgIpc) is 3.08. The minimum absolute atomic E-state index is 0.111. The van der Waals surface area contributed by atoms with E-state index in [2.05, 4.69) is 10.6 Å². The van der Waals surface area contributed by atoms with E-state index in [0.29, 0.717) is 34.4 Å². The van der Waals surface area contributed by atoms with Crippen LogP contribution in [0.15, 0.2) is 48.5 Å². The molecule has 0 radical (unpaired) electrons. The molecule has 1 heterocycles. The van der Waals surface area contributed by atoms with Gasteiger partial charge in [0.25, 0.3) is 5.91 Å². The van der Waals surface area contributed by atoms with Gasteiger partial charge >= 0.3 is 0 Å². The third-order valence-corrected chi connectivity index (χ3v) is 4.95. The molecule has 0 bridgehead atoms. The van der Waals surface area contributed by atoms with Crippen LogP contribution in [0.3, 0.4) is 0 Å². The van der Waals surface area contributed by atoms with E-state index in [1.54, 1.807) is 53.4 Å². The Labute approximate surface area is 175 Å². The maximum Gasteiger partial charge on any atom is 0.253 e. The quantitative estimate of drug-likeness (QED) is 0.757. The molecule has 0 unspecified atom stereocenters. The summed E-state index contributed by atoms with van der Waals surface area (Å²) in [5, 5.41) is 6.21. The smallest absolute Gasteiger partial charge is 0.253 e. The average molecular weight is 414 g/mol. The summed E-state index contributed by atoms with van der Waals surface area (Å²) in [6.45, 7) is 4.84. The lowest BCUT2D eigenvalue weighted by Gasteiger charge is -2.17. The highest BCUT2D eigenvalue weighted by atomic mass is 35.5. The van der Waals surface area contributed by atoms with Gasteiger partial charge < -0.3 is 15.5 Å². The number of nitrogens with one attached hydrogen (secondary N) is 2. The van der Waals surface area contributed by atoms with Crippen LogP contribution in [-0.4, -0.2) is 30.8 Å². The molecule has 29 heavy (non-hydrogen) atoms. The highest BCUT2D eigenvalue weighted by Gasteiger charge is 2.35. The number of carbonyl (C=O) groups is 3. The van der Waals surface area contributed by atoms with E-state index in [1.165, 1.54) is 0 Å². The van der Waals surface area contributed by atoms with Gasteiger partial charge in [0, 0.05) is 30.2 Å². The Hall–Kier alpha value is -2.86. The predicted octanol–water partition coefficient (Wildman–Crippen LogP) is 3.72. The zero-order valence-electron chi connectivity index (χ0n) is 16.4. The number of benzene rings is 2. The van der Waals surface area contributed by atoms with Crippen LogP contribution in [0.2, 0.25) is 5.02 Å². The molecule has 3 rings (SSSR count). The molecule has 1 aliphatic rings. The topological polar surface area (TPSA) is 78.5 Å². The number of para-hydroxylation sites is 1. The van der Waals surface area contributed by atoms with Crippen LogP contribution < -0.4 is 15.5 Å². The highest BCUT2D eigenvalue weighted by Crippen LogP contribution is 2.28. The summed E-state index contributed by atoms with van der Waals surface area (Å²) in [5.41, 5.74) is 1.51. The third kappa shape index (κ3) is 5.15. The van der Waals surface area contributed by atoms with Crippen molar-refractivity contribution in [3.8, 4) is 0 Å². The molecule has 2 aromatic carbocycles. The zero-order chi connectivity index (χ0) is 21.0. The Bertz CT molecular complexity index is 929. The lowest BCUT2D eigenvalue weighted by atomic mass is 10.1. The monoisotopic (exact) mass is 413 g/mol. The lowest BCUT2D eigenvalue weighted by molar-refractivity contribution is -0.122. The van der Waals surface area contributed by atoms with Crippen LogP contribution in [0.5, 0.6) is 0 Å². The van der Waals surface area contributed by atoms with Gasteiger partial charge in [0.05, 0.1) is 17.2 Å². The Morgan fingerprint density at radius 1 is 1.17 bits per heavy atom. The molecule has 2 aromatic rings. The number of anilines is 2. The first-order valence-corrected chi connectivity index (χ1v) is 9.97. The number of nitrogens with zero attached hydrogens (tertiary/aromatic N) is 1. The summed E-state index contributed by atoms with van der Waals surface area (Å²) in [4.78, 5) is 39.2. The zero-order valence-corrected chi connectivity index (χ0v) is 17.2. The van der Waals surface area contributed by atoms with Crippen molar-refractivity contribution >= 4 is 40.7 Å². The van der Waals surface area contributed by atoms with Crippen molar-refractivity contribution in [1.82, 2.24) is 5.32 Å². The fraction of sp³-hybridized carbons (Fsp3) is 0.318. The Balaban J connectivity index is 1.70. The summed E-state index contributed by atoms with van der Waals surface area (Å²) >= 11 is 6.01. The number of hydrogen-bond acceptors (Lipinski definition) is 3. The summed E-state index contributed by atoms with van der Waals surface area (Å²) in [7, 11) is 0. The minimum Gasteiger partial charge on any atom is -0.352 e. The van der Waals surface area contributed by atoms with Gasteiger partial charge in [0.15, 0.2) is 0 Å². The first-order chi connectivity index (χ1) is 13.8. The van der Waals surface area contributed by atoms with Gasteiger partial charge in [-0.15, -0.1) is 0 Å². The molecule has 2 N–H and O–H groups in total. The van der Waals surface area contributed by atoms with Crippen LogP contribution in [0.25, 0.3) is 0 Å². The Morgan fingerprint density at radius 2 is 1.93 bits per heavy atom. The van der Waals surface area contributed by atoms with E-state index in [9.17, 15) is 14.4 Å². The predicted molar refractivity (Wildman–Crippen MR) is 114 cm³/mol. The number of hydrogen-bond donors (Lipinski definition) is 2. The van der Waals surface area contributed by atoms with Gasteiger partial charge in [-0.2, -0.15) is 0 Å². The third-order valence-electron chi connectivity index (χ3n) is 4.72. The largest absolute Gasteiger partial charge is 0.352 e. The highest BCUT2D eigenvalue weighted by molar-refractivity contribution is 6.31. The maximum atomic E-state index is 12.8. The maximum absolute atomic E-state index is 12.8. The molecule has 0 spiro atoms. The van der Waals surface area contributed by atoms with Crippen molar-refractivity contribution in [2.45, 2.75) is 20.3 Å². The van der Waals surface area contributed by atoms with E-state index in [1.807, 2.05) is 13.8 Å². The molecule has 3 amide bonds. The molecule has 1 atom stereocenters. The van der Waals surface area contributed by atoms with Gasteiger partial charge in [-0.1, -0.05) is 43.6 Å². The van der Waals surface area contributed by atoms with Crippen molar-refractivity contribution in [3.05, 3.63) is 59.1 Å². The normalized spacial score (nSPS) is 16.2. The molecule has 0 aliphatic carbocycles. The van der Waals surface area contributed by atoms with E-state index in [4.69, 9.17) is 11.6 Å². The van der Waals surface area contributed by atoms with Crippen molar-refractivity contribution in [2.75, 3.05) is 23.3 Å². The minimum atomic E-state index is -0.506. The van der Waals surface area contributed by atoms with Crippen LogP contribution in [0.1, 0.15) is 30.6 Å². The van der Waals surface area contributed by atoms with E-state index in [0.717, 1.165) is 0 Å². The van der Waals surface area contributed by atoms with Crippen LogP contribution >= 0.6 is 11.6 Å². The van der Waals surface area contributed by atoms with Gasteiger partial charge in [0.2, 0.25) is 11.8 Å². The van der Waals surface area contributed by atoms with Crippen molar-refractivity contribution in [3.63, 3.8) is 0 Å². The molecule has 152 valence electrons. The molecule has 1 fully saturated rings. The molecular weight excluding hydrogens is 390 g/mol. The molecule has 0 saturated carbocycles. The fourth-order valence-electron chi connectivity index (χ4n) is 3.19. The van der Waals surface area contributed by atoms with E-state index >= 15 is 0 Å². The standard InChI is InChI=1S/C22H24ClN3O3/c1-14(2)12-24-22(29)18-8-3-4-9-19(18)25-21(28)15-10-20(27)26(13-15)17-7-5-6-16(23)11-17/h3-9,11,14-15H,10,12-13H2,1-2H3,(H,24,29)(H,25,28)/t15-/m1/s1. The summed E-state index contributed by atoms with van der Waals surface area (Å²) in [6, 6.07) is 13.9. The van der Waals surface area contributed by atoms with Gasteiger partial charge in [-0.05, 0) is 36.2 Å². The van der Waals surface area contributed by atoms with E-state index < -0.39 is 5.92 Å². The Morgan fingerprint density at radius 3 is 2.66 bits per heavy atom. The number of carbonyl (C=O) groups excluding carboxylic acids is 3. The molecular formula is C22H24ClN3O3. The molecule has 0 aromatic heterocycles. The molecule has 1 saturated heterocycles.